The van der Waals surface area contributed by atoms with Crippen LogP contribution in [0.3, 0.4) is 0 Å². The monoisotopic (exact) mass is 210 g/mol. The van der Waals surface area contributed by atoms with Crippen molar-refractivity contribution >= 4 is 11.5 Å². The minimum Gasteiger partial charge on any atom is -0.487 e. The van der Waals surface area contributed by atoms with Crippen LogP contribution in [0, 0.1) is 5.82 Å². The molecule has 0 saturated carbocycles. The van der Waals surface area contributed by atoms with Crippen molar-refractivity contribution in [3.8, 4) is 5.75 Å². The van der Waals surface area contributed by atoms with Gasteiger partial charge in [-0.3, -0.25) is 0 Å². The first-order valence-electron chi connectivity index (χ1n) is 3.99. The molecule has 2 rings (SSSR count). The number of benzene rings is 1. The van der Waals surface area contributed by atoms with E-state index >= 15 is 0 Å². The molecule has 0 aliphatic rings. The molecule has 1 aromatic carbocycles. The molecule has 72 valence electrons. The first kappa shape index (κ1) is 9.08. The lowest BCUT2D eigenvalue weighted by Gasteiger charge is -2.02. The Kier molecular flexibility index (Phi) is 2.69. The molecule has 0 saturated heterocycles. The molecule has 0 atom stereocenters. The fourth-order valence-electron chi connectivity index (χ4n) is 0.961. The van der Waals surface area contributed by atoms with Gasteiger partial charge in [-0.1, -0.05) is 10.6 Å². The standard InChI is InChI=1S/C9H7FN2OS/c10-7-2-1-3-9(4-7)13-5-8-6-14-12-11-8/h1-4,6H,5H2. The van der Waals surface area contributed by atoms with Crippen LogP contribution in [-0.4, -0.2) is 9.59 Å². The molecule has 0 unspecified atom stereocenters. The molecule has 0 N–H and O–H groups in total. The van der Waals surface area contributed by atoms with Gasteiger partial charge in [-0.25, -0.2) is 4.39 Å². The third-order valence-electron chi connectivity index (χ3n) is 1.59. The Morgan fingerprint density at radius 1 is 1.43 bits per heavy atom. The van der Waals surface area contributed by atoms with Crippen molar-refractivity contribution in [3.63, 3.8) is 0 Å². The van der Waals surface area contributed by atoms with E-state index in [9.17, 15) is 4.39 Å². The Hall–Kier alpha value is -1.49. The van der Waals surface area contributed by atoms with Crippen molar-refractivity contribution < 1.29 is 9.13 Å². The average molecular weight is 210 g/mol. The molecule has 1 heterocycles. The van der Waals surface area contributed by atoms with Crippen LogP contribution in [-0.2, 0) is 6.61 Å². The molecule has 0 radical (unpaired) electrons. The topological polar surface area (TPSA) is 35.0 Å². The summed E-state index contributed by atoms with van der Waals surface area (Å²) in [6.07, 6.45) is 0. The van der Waals surface area contributed by atoms with Gasteiger partial charge < -0.3 is 4.74 Å². The van der Waals surface area contributed by atoms with Gasteiger partial charge in [-0.2, -0.15) is 0 Å². The number of hydrogen-bond donors (Lipinski definition) is 0. The Bertz CT molecular complexity index is 405. The molecule has 0 aliphatic heterocycles. The van der Waals surface area contributed by atoms with Crippen molar-refractivity contribution in [2.75, 3.05) is 0 Å². The van der Waals surface area contributed by atoms with Crippen LogP contribution in [0.15, 0.2) is 29.6 Å². The van der Waals surface area contributed by atoms with Gasteiger partial charge in [0, 0.05) is 11.4 Å². The molecule has 0 bridgehead atoms. The Morgan fingerprint density at radius 2 is 2.36 bits per heavy atom. The second-order valence-electron chi connectivity index (χ2n) is 2.64. The molecule has 14 heavy (non-hydrogen) atoms. The molecule has 2 aromatic rings. The fraction of sp³-hybridized carbons (Fsp3) is 0.111. The van der Waals surface area contributed by atoms with Crippen molar-refractivity contribution in [3.05, 3.63) is 41.2 Å². The van der Waals surface area contributed by atoms with Crippen LogP contribution in [0.5, 0.6) is 5.75 Å². The molecule has 3 nitrogen and oxygen atoms in total. The van der Waals surface area contributed by atoms with Gasteiger partial charge in [-0.05, 0) is 23.7 Å². The second kappa shape index (κ2) is 4.15. The van der Waals surface area contributed by atoms with Gasteiger partial charge in [0.05, 0.1) is 0 Å². The highest BCUT2D eigenvalue weighted by molar-refractivity contribution is 7.03. The summed E-state index contributed by atoms with van der Waals surface area (Å²) in [7, 11) is 0. The van der Waals surface area contributed by atoms with E-state index in [-0.39, 0.29) is 5.82 Å². The van der Waals surface area contributed by atoms with Crippen LogP contribution < -0.4 is 4.74 Å². The first-order valence-corrected chi connectivity index (χ1v) is 4.82. The number of nitrogens with zero attached hydrogens (tertiary/aromatic N) is 2. The third kappa shape index (κ3) is 2.26. The number of aromatic nitrogens is 2. The Labute approximate surface area is 84.3 Å². The van der Waals surface area contributed by atoms with E-state index in [0.717, 1.165) is 5.69 Å². The predicted octanol–water partition coefficient (Wildman–Crippen LogP) is 2.26. The van der Waals surface area contributed by atoms with E-state index < -0.39 is 0 Å². The Balaban J connectivity index is 1.98. The molecular formula is C9H7FN2OS. The molecule has 0 amide bonds. The van der Waals surface area contributed by atoms with E-state index in [4.69, 9.17) is 4.74 Å². The van der Waals surface area contributed by atoms with E-state index in [1.54, 1.807) is 17.5 Å². The highest BCUT2D eigenvalue weighted by atomic mass is 32.1. The molecular weight excluding hydrogens is 203 g/mol. The highest BCUT2D eigenvalue weighted by Crippen LogP contribution is 2.13. The summed E-state index contributed by atoms with van der Waals surface area (Å²) in [5, 5.41) is 5.59. The molecule has 0 fully saturated rings. The summed E-state index contributed by atoms with van der Waals surface area (Å²) in [4.78, 5) is 0. The van der Waals surface area contributed by atoms with E-state index in [1.165, 1.54) is 23.7 Å². The lowest BCUT2D eigenvalue weighted by atomic mass is 10.3. The van der Waals surface area contributed by atoms with Crippen LogP contribution in [0.4, 0.5) is 4.39 Å². The van der Waals surface area contributed by atoms with Crippen molar-refractivity contribution in [1.82, 2.24) is 9.59 Å². The van der Waals surface area contributed by atoms with Crippen molar-refractivity contribution in [1.29, 1.82) is 0 Å². The molecule has 5 heteroatoms. The smallest absolute Gasteiger partial charge is 0.133 e. The normalized spacial score (nSPS) is 10.1. The highest BCUT2D eigenvalue weighted by Gasteiger charge is 1.99. The van der Waals surface area contributed by atoms with Crippen molar-refractivity contribution in [2.45, 2.75) is 6.61 Å². The zero-order valence-electron chi connectivity index (χ0n) is 7.18. The molecule has 0 aliphatic carbocycles. The number of halogens is 1. The summed E-state index contributed by atoms with van der Waals surface area (Å²) >= 11 is 1.26. The number of hydrogen-bond acceptors (Lipinski definition) is 4. The summed E-state index contributed by atoms with van der Waals surface area (Å²) in [6.45, 7) is 0.319. The van der Waals surface area contributed by atoms with Gasteiger partial charge in [0.2, 0.25) is 0 Å². The number of ether oxygens (including phenoxy) is 1. The fourth-order valence-corrected chi connectivity index (χ4v) is 1.40. The zero-order chi connectivity index (χ0) is 9.80. The minimum absolute atomic E-state index is 0.307. The van der Waals surface area contributed by atoms with Gasteiger partial charge >= 0.3 is 0 Å². The van der Waals surface area contributed by atoms with E-state index in [0.29, 0.717) is 12.4 Å². The van der Waals surface area contributed by atoms with Crippen molar-refractivity contribution in [2.24, 2.45) is 0 Å². The number of rotatable bonds is 3. The summed E-state index contributed by atoms with van der Waals surface area (Å²) in [5.74, 6) is 0.192. The van der Waals surface area contributed by atoms with Crippen LogP contribution in [0.2, 0.25) is 0 Å². The predicted molar refractivity (Wildman–Crippen MR) is 50.6 cm³/mol. The first-order chi connectivity index (χ1) is 6.84. The largest absolute Gasteiger partial charge is 0.487 e. The van der Waals surface area contributed by atoms with E-state index in [2.05, 4.69) is 9.59 Å². The van der Waals surface area contributed by atoms with Crippen LogP contribution >= 0.6 is 11.5 Å². The lowest BCUT2D eigenvalue weighted by Crippen LogP contribution is -1.95. The maximum absolute atomic E-state index is 12.7. The summed E-state index contributed by atoms with van der Waals surface area (Å²) in [5.41, 5.74) is 0.749. The average Bonchev–Trinajstić information content (AvgIpc) is 2.67. The maximum Gasteiger partial charge on any atom is 0.133 e. The third-order valence-corrected chi connectivity index (χ3v) is 2.14. The lowest BCUT2D eigenvalue weighted by molar-refractivity contribution is 0.299. The molecule has 1 aromatic heterocycles. The second-order valence-corrected chi connectivity index (χ2v) is 3.25. The zero-order valence-corrected chi connectivity index (χ0v) is 8.00. The van der Waals surface area contributed by atoms with Crippen LogP contribution in [0.25, 0.3) is 0 Å². The summed E-state index contributed by atoms with van der Waals surface area (Å²) < 4.78 is 21.7. The Morgan fingerprint density at radius 3 is 3.07 bits per heavy atom. The summed E-state index contributed by atoms with van der Waals surface area (Å²) in [6, 6.07) is 6.00. The van der Waals surface area contributed by atoms with E-state index in [1.807, 2.05) is 0 Å². The van der Waals surface area contributed by atoms with Gasteiger partial charge in [0.25, 0.3) is 0 Å². The van der Waals surface area contributed by atoms with Gasteiger partial charge in [0.1, 0.15) is 23.9 Å². The SMILES string of the molecule is Fc1cccc(OCc2csnn2)c1. The minimum atomic E-state index is -0.307. The van der Waals surface area contributed by atoms with Crippen LogP contribution in [0.1, 0.15) is 5.69 Å². The quantitative estimate of drug-likeness (QED) is 0.779. The molecule has 0 spiro atoms. The van der Waals surface area contributed by atoms with Gasteiger partial charge in [0.15, 0.2) is 0 Å². The van der Waals surface area contributed by atoms with Gasteiger partial charge in [-0.15, -0.1) is 5.10 Å². The maximum atomic E-state index is 12.7.